The lowest BCUT2D eigenvalue weighted by Crippen LogP contribution is -2.40. The Morgan fingerprint density at radius 2 is 2.11 bits per heavy atom. The molecule has 0 unspecified atom stereocenters. The second kappa shape index (κ2) is 8.02. The number of hydrogen-bond acceptors (Lipinski definition) is 6. The monoisotopic (exact) mass is 380 g/mol. The zero-order valence-electron chi connectivity index (χ0n) is 16.1. The van der Waals surface area contributed by atoms with Crippen LogP contribution in [-0.2, 0) is 22.4 Å². The second-order valence-electron chi connectivity index (χ2n) is 7.26. The molecule has 4 rings (SSSR count). The average molecular weight is 380 g/mol. The maximum atomic E-state index is 12.6. The molecule has 2 atom stereocenters. The van der Waals surface area contributed by atoms with Gasteiger partial charge in [0.05, 0.1) is 19.3 Å². The Hall–Kier alpha value is -2.87. The molecule has 0 bridgehead atoms. The van der Waals surface area contributed by atoms with E-state index in [0.717, 1.165) is 23.4 Å². The zero-order chi connectivity index (χ0) is 19.5. The lowest BCUT2D eigenvalue weighted by Gasteiger charge is -2.19. The largest absolute Gasteiger partial charge is 0.379 e. The van der Waals surface area contributed by atoms with Crippen LogP contribution in [0.3, 0.4) is 0 Å². The summed E-state index contributed by atoms with van der Waals surface area (Å²) in [5.41, 5.74) is 4.13. The number of amides is 1. The molecule has 0 saturated carbocycles. The molecule has 8 heteroatoms. The summed E-state index contributed by atoms with van der Waals surface area (Å²) in [5, 5.41) is 7.36. The third-order valence-corrected chi connectivity index (χ3v) is 5.38. The van der Waals surface area contributed by atoms with E-state index in [9.17, 15) is 4.79 Å². The molecule has 0 aliphatic carbocycles. The van der Waals surface area contributed by atoms with E-state index in [-0.39, 0.29) is 17.9 Å². The molecule has 0 aromatic carbocycles. The van der Waals surface area contributed by atoms with Crippen LogP contribution in [0.4, 0.5) is 0 Å². The highest BCUT2D eigenvalue weighted by atomic mass is 16.5. The number of fused-ring (bicyclic) bond motifs is 1. The van der Waals surface area contributed by atoms with Crippen molar-refractivity contribution in [3.8, 4) is 0 Å². The number of carbonyl (C=O) groups is 1. The van der Waals surface area contributed by atoms with Crippen LogP contribution < -0.4 is 5.32 Å². The Balaban J connectivity index is 1.37. The number of rotatable bonds is 6. The van der Waals surface area contributed by atoms with Crippen LogP contribution in [0, 0.1) is 19.8 Å². The van der Waals surface area contributed by atoms with Gasteiger partial charge in [0.15, 0.2) is 0 Å². The first-order valence-electron chi connectivity index (χ1n) is 9.53. The minimum Gasteiger partial charge on any atom is -0.379 e. The van der Waals surface area contributed by atoms with Gasteiger partial charge in [0.1, 0.15) is 6.33 Å². The van der Waals surface area contributed by atoms with Gasteiger partial charge in [-0.05, 0) is 49.9 Å². The minimum atomic E-state index is 0.0349. The molecule has 1 N–H and O–H groups in total. The van der Waals surface area contributed by atoms with Gasteiger partial charge in [0.25, 0.3) is 5.78 Å². The van der Waals surface area contributed by atoms with Gasteiger partial charge in [-0.15, -0.1) is 0 Å². The van der Waals surface area contributed by atoms with Gasteiger partial charge in [-0.2, -0.15) is 10.1 Å². The van der Waals surface area contributed by atoms with E-state index >= 15 is 0 Å². The molecule has 28 heavy (non-hydrogen) atoms. The van der Waals surface area contributed by atoms with Crippen LogP contribution in [0.25, 0.3) is 5.78 Å². The van der Waals surface area contributed by atoms with Crippen molar-refractivity contribution >= 4 is 11.7 Å². The van der Waals surface area contributed by atoms with E-state index in [1.165, 1.54) is 11.9 Å². The molecule has 146 valence electrons. The molecule has 3 aromatic rings. The third-order valence-electron chi connectivity index (χ3n) is 5.38. The Morgan fingerprint density at radius 3 is 2.93 bits per heavy atom. The van der Waals surface area contributed by atoms with Gasteiger partial charge < -0.3 is 10.1 Å². The number of carbonyl (C=O) groups excluding carboxylic acids is 1. The highest BCUT2D eigenvalue weighted by Gasteiger charge is 2.29. The van der Waals surface area contributed by atoms with E-state index < -0.39 is 0 Å². The maximum absolute atomic E-state index is 12.6. The van der Waals surface area contributed by atoms with Crippen LogP contribution in [0.2, 0.25) is 0 Å². The van der Waals surface area contributed by atoms with E-state index in [1.54, 1.807) is 16.9 Å². The number of hydrogen-bond donors (Lipinski definition) is 1. The molecular weight excluding hydrogens is 356 g/mol. The number of pyridine rings is 1. The summed E-state index contributed by atoms with van der Waals surface area (Å²) in [7, 11) is 0. The third kappa shape index (κ3) is 3.87. The number of nitrogens with one attached hydrogen (secondary N) is 1. The van der Waals surface area contributed by atoms with Gasteiger partial charge in [0, 0.05) is 36.1 Å². The fourth-order valence-corrected chi connectivity index (χ4v) is 3.82. The van der Waals surface area contributed by atoms with E-state index in [2.05, 4.69) is 25.4 Å². The van der Waals surface area contributed by atoms with Crippen LogP contribution in [0.15, 0.2) is 30.9 Å². The summed E-state index contributed by atoms with van der Waals surface area (Å²) in [4.78, 5) is 25.2. The van der Waals surface area contributed by atoms with Crippen molar-refractivity contribution in [1.82, 2.24) is 29.9 Å². The second-order valence-corrected chi connectivity index (χ2v) is 7.26. The molecule has 0 spiro atoms. The van der Waals surface area contributed by atoms with Crippen molar-refractivity contribution in [2.75, 3.05) is 13.2 Å². The Kier molecular flexibility index (Phi) is 5.29. The Morgan fingerprint density at radius 1 is 1.29 bits per heavy atom. The van der Waals surface area contributed by atoms with Crippen molar-refractivity contribution < 1.29 is 9.53 Å². The van der Waals surface area contributed by atoms with Crippen molar-refractivity contribution in [3.05, 3.63) is 53.4 Å². The summed E-state index contributed by atoms with van der Waals surface area (Å²) in [5.74, 6) is 0.904. The van der Waals surface area contributed by atoms with E-state index in [0.29, 0.717) is 31.8 Å². The number of aryl methyl sites for hydroxylation is 2. The van der Waals surface area contributed by atoms with Crippen LogP contribution >= 0.6 is 0 Å². The van der Waals surface area contributed by atoms with Gasteiger partial charge in [0.2, 0.25) is 5.91 Å². The van der Waals surface area contributed by atoms with Gasteiger partial charge >= 0.3 is 0 Å². The summed E-state index contributed by atoms with van der Waals surface area (Å²) in [6.45, 7) is 5.16. The molecule has 0 radical (unpaired) electrons. The number of ether oxygens (including phenoxy) is 1. The standard InChI is InChI=1S/C20H24N6O2/c1-13-17(14(2)26-20(24-13)22-12-23-26)3-4-19(27)25-18-11-28-10-16(18)9-15-5-7-21-8-6-15/h5-8,12,16,18H,3-4,9-11H2,1-2H3,(H,25,27)/t16-,18+/m1/s1. The van der Waals surface area contributed by atoms with Crippen LogP contribution in [-0.4, -0.2) is 49.7 Å². The summed E-state index contributed by atoms with van der Waals surface area (Å²) >= 11 is 0. The number of aromatic nitrogens is 5. The highest BCUT2D eigenvalue weighted by Crippen LogP contribution is 2.20. The average Bonchev–Trinajstić information content (AvgIpc) is 3.32. The molecule has 8 nitrogen and oxygen atoms in total. The highest BCUT2D eigenvalue weighted by molar-refractivity contribution is 5.76. The quantitative estimate of drug-likeness (QED) is 0.695. The Bertz CT molecular complexity index is 971. The van der Waals surface area contributed by atoms with Crippen molar-refractivity contribution in [1.29, 1.82) is 0 Å². The smallest absolute Gasteiger partial charge is 0.252 e. The summed E-state index contributed by atoms with van der Waals surface area (Å²) in [6.07, 6.45) is 6.98. The molecule has 4 heterocycles. The minimum absolute atomic E-state index is 0.0349. The van der Waals surface area contributed by atoms with Crippen LogP contribution in [0.5, 0.6) is 0 Å². The topological polar surface area (TPSA) is 94.3 Å². The first kappa shape index (κ1) is 18.5. The molecule has 1 aliphatic heterocycles. The maximum Gasteiger partial charge on any atom is 0.252 e. The fourth-order valence-electron chi connectivity index (χ4n) is 3.82. The first-order valence-corrected chi connectivity index (χ1v) is 9.53. The van der Waals surface area contributed by atoms with Crippen molar-refractivity contribution in [2.45, 2.75) is 39.2 Å². The Labute approximate surface area is 163 Å². The van der Waals surface area contributed by atoms with E-state index in [1.807, 2.05) is 26.0 Å². The zero-order valence-corrected chi connectivity index (χ0v) is 16.1. The fraction of sp³-hybridized carbons (Fsp3) is 0.450. The lowest BCUT2D eigenvalue weighted by atomic mass is 9.95. The molecule has 3 aromatic heterocycles. The normalized spacial score (nSPS) is 19.2. The lowest BCUT2D eigenvalue weighted by molar-refractivity contribution is -0.122. The number of nitrogens with zero attached hydrogens (tertiary/aromatic N) is 5. The summed E-state index contributed by atoms with van der Waals surface area (Å²) < 4.78 is 7.34. The van der Waals surface area contributed by atoms with Gasteiger partial charge in [-0.1, -0.05) is 0 Å². The molecule has 1 amide bonds. The predicted octanol–water partition coefficient (Wildman–Crippen LogP) is 1.44. The van der Waals surface area contributed by atoms with Crippen molar-refractivity contribution in [2.24, 2.45) is 5.92 Å². The molecule has 1 aliphatic rings. The van der Waals surface area contributed by atoms with Crippen LogP contribution in [0.1, 0.15) is 28.9 Å². The van der Waals surface area contributed by atoms with E-state index in [4.69, 9.17) is 4.74 Å². The SMILES string of the molecule is Cc1nc2ncnn2c(C)c1CCC(=O)N[C@H]1COC[C@H]1Cc1ccncc1. The van der Waals surface area contributed by atoms with Gasteiger partial charge in [-0.25, -0.2) is 9.50 Å². The first-order chi connectivity index (χ1) is 13.6. The molecule has 1 saturated heterocycles. The predicted molar refractivity (Wildman–Crippen MR) is 103 cm³/mol. The van der Waals surface area contributed by atoms with Gasteiger partial charge in [-0.3, -0.25) is 9.78 Å². The summed E-state index contributed by atoms with van der Waals surface area (Å²) in [6, 6.07) is 4.06. The van der Waals surface area contributed by atoms with Crippen molar-refractivity contribution in [3.63, 3.8) is 0 Å². The molecular formula is C20H24N6O2. The molecule has 1 fully saturated rings.